The fourth-order valence-electron chi connectivity index (χ4n) is 3.16. The smallest absolute Gasteiger partial charge is 0.255 e. The molecule has 4 aromatic rings. The highest BCUT2D eigenvalue weighted by molar-refractivity contribution is 6.05. The molecule has 0 unspecified atom stereocenters. The number of hydrogen-bond donors (Lipinski definition) is 1. The highest BCUT2D eigenvalue weighted by Gasteiger charge is 2.11. The average molecular weight is 367 g/mol. The first-order chi connectivity index (χ1) is 13.6. The van der Waals surface area contributed by atoms with Crippen LogP contribution in [0.4, 0.5) is 5.69 Å². The maximum atomic E-state index is 12.7. The molecule has 4 rings (SSSR count). The highest BCUT2D eigenvalue weighted by atomic mass is 16.1. The fraction of sp³-hybridized carbons (Fsp3) is 0.125. The minimum atomic E-state index is -0.114. The number of hydrogen-bond acceptors (Lipinski definition) is 3. The number of carbonyl (C=O) groups excluding carboxylic acids is 1. The van der Waals surface area contributed by atoms with Crippen molar-refractivity contribution in [3.05, 3.63) is 89.6 Å². The normalized spacial score (nSPS) is 10.8. The number of nitrogens with one attached hydrogen (secondary N) is 1. The second-order valence-corrected chi connectivity index (χ2v) is 6.79. The first-order valence-corrected chi connectivity index (χ1v) is 9.37. The summed E-state index contributed by atoms with van der Waals surface area (Å²) in [5.41, 5.74) is 7.08. The highest BCUT2D eigenvalue weighted by Crippen LogP contribution is 2.26. The monoisotopic (exact) mass is 367 g/mol. The number of carbonyl (C=O) groups is 1. The fourth-order valence-corrected chi connectivity index (χ4v) is 3.16. The number of rotatable bonds is 4. The quantitative estimate of drug-likeness (QED) is 0.524. The molecule has 1 aromatic heterocycles. The molecule has 0 fully saturated rings. The number of fused-ring (bicyclic) bond motifs is 1. The second-order valence-electron chi connectivity index (χ2n) is 6.79. The Morgan fingerprint density at radius 2 is 1.71 bits per heavy atom. The molecule has 0 spiro atoms. The van der Waals surface area contributed by atoms with Crippen molar-refractivity contribution < 1.29 is 4.79 Å². The van der Waals surface area contributed by atoms with Gasteiger partial charge in [0.05, 0.1) is 22.9 Å². The van der Waals surface area contributed by atoms with Gasteiger partial charge in [-0.3, -0.25) is 9.78 Å². The van der Waals surface area contributed by atoms with E-state index >= 15 is 0 Å². The van der Waals surface area contributed by atoms with Gasteiger partial charge in [0.15, 0.2) is 0 Å². The molecule has 0 aliphatic carbocycles. The lowest BCUT2D eigenvalue weighted by Crippen LogP contribution is -2.13. The van der Waals surface area contributed by atoms with E-state index in [1.54, 1.807) is 6.20 Å². The van der Waals surface area contributed by atoms with Crippen molar-refractivity contribution in [3.8, 4) is 11.3 Å². The topological polar surface area (TPSA) is 54.9 Å². The molecular formula is C24H21N3O. The molecule has 4 heteroatoms. The summed E-state index contributed by atoms with van der Waals surface area (Å²) in [4.78, 5) is 21.9. The van der Waals surface area contributed by atoms with Crippen molar-refractivity contribution in [2.24, 2.45) is 0 Å². The van der Waals surface area contributed by atoms with Gasteiger partial charge in [-0.2, -0.15) is 0 Å². The van der Waals surface area contributed by atoms with Gasteiger partial charge in [-0.1, -0.05) is 48.9 Å². The van der Waals surface area contributed by atoms with E-state index in [-0.39, 0.29) is 5.91 Å². The van der Waals surface area contributed by atoms with Gasteiger partial charge in [-0.25, -0.2) is 4.98 Å². The summed E-state index contributed by atoms with van der Waals surface area (Å²) in [6.07, 6.45) is 2.60. The van der Waals surface area contributed by atoms with Crippen molar-refractivity contribution in [2.75, 3.05) is 5.32 Å². The molecule has 138 valence electrons. The summed E-state index contributed by atoms with van der Waals surface area (Å²) < 4.78 is 0. The Hall–Kier alpha value is -3.53. The zero-order valence-electron chi connectivity index (χ0n) is 15.9. The summed E-state index contributed by atoms with van der Waals surface area (Å²) in [7, 11) is 0. The molecule has 0 saturated carbocycles. The van der Waals surface area contributed by atoms with Crippen LogP contribution in [0.3, 0.4) is 0 Å². The first-order valence-electron chi connectivity index (χ1n) is 9.37. The molecule has 1 amide bonds. The van der Waals surface area contributed by atoms with Crippen LogP contribution in [0, 0.1) is 6.92 Å². The minimum absolute atomic E-state index is 0.114. The Bertz CT molecular complexity index is 1150. The Balaban J connectivity index is 1.68. The van der Waals surface area contributed by atoms with E-state index in [4.69, 9.17) is 4.98 Å². The molecular weight excluding hydrogens is 346 g/mol. The van der Waals surface area contributed by atoms with Gasteiger partial charge in [-0.05, 0) is 49.2 Å². The number of aryl methyl sites for hydroxylation is 2. The second kappa shape index (κ2) is 7.61. The molecule has 0 bridgehead atoms. The van der Waals surface area contributed by atoms with Gasteiger partial charge < -0.3 is 5.32 Å². The number of amides is 1. The largest absolute Gasteiger partial charge is 0.322 e. The zero-order chi connectivity index (χ0) is 19.5. The van der Waals surface area contributed by atoms with E-state index in [2.05, 4.69) is 17.2 Å². The molecule has 28 heavy (non-hydrogen) atoms. The van der Waals surface area contributed by atoms with Gasteiger partial charge in [-0.15, -0.1) is 0 Å². The SMILES string of the molecule is CCc1ccc(-c2cnc3ccccc3n2)cc1NC(=O)c1ccc(C)cc1. The summed E-state index contributed by atoms with van der Waals surface area (Å²) in [5.74, 6) is -0.114. The standard InChI is InChI=1S/C24H21N3O/c1-3-17-12-13-19(23-15-25-20-6-4-5-7-21(20)26-23)14-22(17)27-24(28)18-10-8-16(2)9-11-18/h4-15H,3H2,1-2H3,(H,27,28). The molecule has 0 saturated heterocycles. The third-order valence-electron chi connectivity index (χ3n) is 4.80. The Labute approximate surface area is 164 Å². The van der Waals surface area contributed by atoms with Gasteiger partial charge in [0.1, 0.15) is 0 Å². The molecule has 1 heterocycles. The molecule has 1 N–H and O–H groups in total. The average Bonchev–Trinajstić information content (AvgIpc) is 2.73. The Morgan fingerprint density at radius 1 is 0.964 bits per heavy atom. The third kappa shape index (κ3) is 3.62. The Kier molecular flexibility index (Phi) is 4.85. The summed E-state index contributed by atoms with van der Waals surface area (Å²) in [6, 6.07) is 21.4. The molecule has 0 aliphatic heterocycles. The number of benzene rings is 3. The predicted molar refractivity (Wildman–Crippen MR) is 113 cm³/mol. The molecule has 0 aliphatic rings. The maximum Gasteiger partial charge on any atom is 0.255 e. The number of anilines is 1. The van der Waals surface area contributed by atoms with Crippen LogP contribution >= 0.6 is 0 Å². The minimum Gasteiger partial charge on any atom is -0.322 e. The van der Waals surface area contributed by atoms with E-state index in [9.17, 15) is 4.79 Å². The Morgan fingerprint density at radius 3 is 2.46 bits per heavy atom. The summed E-state index contributed by atoms with van der Waals surface area (Å²) >= 11 is 0. The zero-order valence-corrected chi connectivity index (χ0v) is 15.9. The summed E-state index contributed by atoms with van der Waals surface area (Å²) in [6.45, 7) is 4.08. The lowest BCUT2D eigenvalue weighted by molar-refractivity contribution is 0.102. The van der Waals surface area contributed by atoms with E-state index < -0.39 is 0 Å². The van der Waals surface area contributed by atoms with E-state index in [1.807, 2.05) is 73.7 Å². The lowest BCUT2D eigenvalue weighted by Gasteiger charge is -2.12. The first kappa shape index (κ1) is 17.9. The number of para-hydroxylation sites is 2. The van der Waals surface area contributed by atoms with Gasteiger partial charge in [0, 0.05) is 16.8 Å². The maximum absolute atomic E-state index is 12.7. The molecule has 0 atom stereocenters. The van der Waals surface area contributed by atoms with Crippen molar-refractivity contribution in [1.29, 1.82) is 0 Å². The number of aromatic nitrogens is 2. The molecule has 4 nitrogen and oxygen atoms in total. The van der Waals surface area contributed by atoms with Gasteiger partial charge >= 0.3 is 0 Å². The van der Waals surface area contributed by atoms with Crippen LogP contribution in [-0.4, -0.2) is 15.9 Å². The predicted octanol–water partition coefficient (Wildman–Crippen LogP) is 5.42. The van der Waals surface area contributed by atoms with Gasteiger partial charge in [0.25, 0.3) is 5.91 Å². The number of nitrogens with zero attached hydrogens (tertiary/aromatic N) is 2. The van der Waals surface area contributed by atoms with Crippen molar-refractivity contribution >= 4 is 22.6 Å². The third-order valence-corrected chi connectivity index (χ3v) is 4.80. The van der Waals surface area contributed by atoms with E-state index in [1.165, 1.54) is 0 Å². The van der Waals surface area contributed by atoms with Crippen LogP contribution in [0.5, 0.6) is 0 Å². The lowest BCUT2D eigenvalue weighted by atomic mass is 10.0. The van der Waals surface area contributed by atoms with E-state index in [0.717, 1.165) is 45.5 Å². The van der Waals surface area contributed by atoms with Crippen molar-refractivity contribution in [3.63, 3.8) is 0 Å². The van der Waals surface area contributed by atoms with Crippen molar-refractivity contribution in [2.45, 2.75) is 20.3 Å². The summed E-state index contributed by atoms with van der Waals surface area (Å²) in [5, 5.41) is 3.06. The van der Waals surface area contributed by atoms with Crippen LogP contribution in [0.1, 0.15) is 28.4 Å². The molecule has 3 aromatic carbocycles. The van der Waals surface area contributed by atoms with Crippen LogP contribution in [-0.2, 0) is 6.42 Å². The van der Waals surface area contributed by atoms with Crippen LogP contribution < -0.4 is 5.32 Å². The van der Waals surface area contributed by atoms with Crippen molar-refractivity contribution in [1.82, 2.24) is 9.97 Å². The van der Waals surface area contributed by atoms with E-state index in [0.29, 0.717) is 5.56 Å². The molecule has 0 radical (unpaired) electrons. The van der Waals surface area contributed by atoms with Crippen LogP contribution in [0.25, 0.3) is 22.3 Å². The van der Waals surface area contributed by atoms with Gasteiger partial charge in [0.2, 0.25) is 0 Å². The van der Waals surface area contributed by atoms with Crippen LogP contribution in [0.2, 0.25) is 0 Å². The van der Waals surface area contributed by atoms with Crippen LogP contribution in [0.15, 0.2) is 72.9 Å².